The number of para-hydroxylation sites is 1. The van der Waals surface area contributed by atoms with E-state index in [1.807, 2.05) is 11.8 Å². The molecule has 1 aliphatic heterocycles. The Balaban J connectivity index is 1.75. The number of hydrogen-bond acceptors (Lipinski definition) is 3. The minimum atomic E-state index is -0.763. The normalized spacial score (nSPS) is 18.8. The number of anilines is 1. The zero-order chi connectivity index (χ0) is 14.4. The first-order valence-corrected chi connectivity index (χ1v) is 7.78. The standard InChI is InChI=1S/C14H18F2N2OS/c15-11-5-3-6-12(16)14(11)18-13(19)9-17-8-10-4-1-2-7-20-10/h3,5-6,10,17H,1-2,4,7-9H2,(H,18,19). The third kappa shape index (κ3) is 4.45. The molecule has 0 bridgehead atoms. The molecule has 20 heavy (non-hydrogen) atoms. The van der Waals surface area contributed by atoms with Gasteiger partial charge in [0, 0.05) is 11.8 Å². The molecule has 0 spiro atoms. The van der Waals surface area contributed by atoms with E-state index < -0.39 is 17.5 Å². The number of halogens is 2. The second-order valence-corrected chi connectivity index (χ2v) is 6.17. The lowest BCUT2D eigenvalue weighted by Crippen LogP contribution is -2.34. The van der Waals surface area contributed by atoms with Crippen LogP contribution in [0.1, 0.15) is 19.3 Å². The van der Waals surface area contributed by atoms with Crippen molar-refractivity contribution in [1.29, 1.82) is 0 Å². The van der Waals surface area contributed by atoms with E-state index >= 15 is 0 Å². The first kappa shape index (κ1) is 15.3. The summed E-state index contributed by atoms with van der Waals surface area (Å²) < 4.78 is 26.7. The lowest BCUT2D eigenvalue weighted by molar-refractivity contribution is -0.115. The van der Waals surface area contributed by atoms with Gasteiger partial charge in [0.15, 0.2) is 0 Å². The topological polar surface area (TPSA) is 41.1 Å². The third-order valence-corrected chi connectivity index (χ3v) is 4.56. The smallest absolute Gasteiger partial charge is 0.238 e. The van der Waals surface area contributed by atoms with Crippen LogP contribution in [0.15, 0.2) is 18.2 Å². The molecule has 1 saturated heterocycles. The van der Waals surface area contributed by atoms with Crippen molar-refractivity contribution in [2.45, 2.75) is 24.5 Å². The molecule has 0 saturated carbocycles. The van der Waals surface area contributed by atoms with Gasteiger partial charge in [0.25, 0.3) is 0 Å². The number of nitrogens with one attached hydrogen (secondary N) is 2. The molecule has 0 aliphatic carbocycles. The Kier molecular flexibility index (Phi) is 5.79. The number of amides is 1. The summed E-state index contributed by atoms with van der Waals surface area (Å²) in [6.07, 6.45) is 3.64. The van der Waals surface area contributed by atoms with Gasteiger partial charge in [-0.3, -0.25) is 4.79 Å². The molecule has 1 atom stereocenters. The van der Waals surface area contributed by atoms with Gasteiger partial charge < -0.3 is 10.6 Å². The molecule has 3 nitrogen and oxygen atoms in total. The summed E-state index contributed by atoms with van der Waals surface area (Å²) in [6, 6.07) is 3.49. The Bertz CT molecular complexity index is 444. The van der Waals surface area contributed by atoms with Crippen molar-refractivity contribution in [3.05, 3.63) is 29.8 Å². The number of rotatable bonds is 5. The highest BCUT2D eigenvalue weighted by Crippen LogP contribution is 2.24. The molecule has 6 heteroatoms. The second kappa shape index (κ2) is 7.59. The molecule has 1 aromatic carbocycles. The van der Waals surface area contributed by atoms with Crippen LogP contribution in [0.4, 0.5) is 14.5 Å². The lowest BCUT2D eigenvalue weighted by Gasteiger charge is -2.21. The molecule has 1 aromatic rings. The van der Waals surface area contributed by atoms with Crippen LogP contribution < -0.4 is 10.6 Å². The summed E-state index contributed by atoms with van der Waals surface area (Å²) in [5, 5.41) is 5.82. The van der Waals surface area contributed by atoms with Crippen molar-refractivity contribution in [3.8, 4) is 0 Å². The van der Waals surface area contributed by atoms with Gasteiger partial charge in [0.1, 0.15) is 17.3 Å². The maximum atomic E-state index is 13.3. The van der Waals surface area contributed by atoms with Crippen molar-refractivity contribution in [3.63, 3.8) is 0 Å². The molecule has 0 aromatic heterocycles. The average molecular weight is 300 g/mol. The highest BCUT2D eigenvalue weighted by atomic mass is 32.2. The van der Waals surface area contributed by atoms with E-state index in [1.165, 1.54) is 24.7 Å². The van der Waals surface area contributed by atoms with Gasteiger partial charge >= 0.3 is 0 Å². The Hall–Kier alpha value is -1.14. The van der Waals surface area contributed by atoms with Crippen LogP contribution in [0.2, 0.25) is 0 Å². The summed E-state index contributed by atoms with van der Waals surface area (Å²) in [6.45, 7) is 0.808. The highest BCUT2D eigenvalue weighted by Gasteiger charge is 2.15. The minimum Gasteiger partial charge on any atom is -0.320 e. The van der Waals surface area contributed by atoms with Gasteiger partial charge in [0.05, 0.1) is 6.54 Å². The zero-order valence-electron chi connectivity index (χ0n) is 11.1. The zero-order valence-corrected chi connectivity index (χ0v) is 11.9. The van der Waals surface area contributed by atoms with Crippen molar-refractivity contribution in [2.75, 3.05) is 24.2 Å². The fourth-order valence-electron chi connectivity index (χ4n) is 2.12. The summed E-state index contributed by atoms with van der Waals surface area (Å²) >= 11 is 1.91. The Morgan fingerprint density at radius 2 is 2.05 bits per heavy atom. The quantitative estimate of drug-likeness (QED) is 0.878. The molecule has 1 heterocycles. The second-order valence-electron chi connectivity index (χ2n) is 4.76. The van der Waals surface area contributed by atoms with Crippen LogP contribution in [-0.4, -0.2) is 30.0 Å². The molecule has 2 N–H and O–H groups in total. The summed E-state index contributed by atoms with van der Waals surface area (Å²) in [5.74, 6) is -0.795. The first-order valence-electron chi connectivity index (χ1n) is 6.73. The molecule has 1 aliphatic rings. The number of carbonyl (C=O) groups excluding carboxylic acids is 1. The van der Waals surface area contributed by atoms with E-state index in [-0.39, 0.29) is 12.2 Å². The largest absolute Gasteiger partial charge is 0.320 e. The number of benzene rings is 1. The van der Waals surface area contributed by atoms with Crippen LogP contribution in [0.5, 0.6) is 0 Å². The van der Waals surface area contributed by atoms with Crippen LogP contribution in [0.3, 0.4) is 0 Å². The number of carbonyl (C=O) groups is 1. The first-order chi connectivity index (χ1) is 9.66. The number of thioether (sulfide) groups is 1. The predicted molar refractivity (Wildman–Crippen MR) is 78.0 cm³/mol. The van der Waals surface area contributed by atoms with Crippen molar-refractivity contribution >= 4 is 23.4 Å². The van der Waals surface area contributed by atoms with Crippen molar-refractivity contribution in [1.82, 2.24) is 5.32 Å². The van der Waals surface area contributed by atoms with Crippen LogP contribution >= 0.6 is 11.8 Å². The van der Waals surface area contributed by atoms with Crippen LogP contribution in [0, 0.1) is 11.6 Å². The summed E-state index contributed by atoms with van der Waals surface area (Å²) in [4.78, 5) is 11.6. The van der Waals surface area contributed by atoms with E-state index in [2.05, 4.69) is 10.6 Å². The van der Waals surface area contributed by atoms with Crippen LogP contribution in [-0.2, 0) is 4.79 Å². The van der Waals surface area contributed by atoms with Gasteiger partial charge in [-0.1, -0.05) is 12.5 Å². The van der Waals surface area contributed by atoms with E-state index in [1.54, 1.807) is 0 Å². The monoisotopic (exact) mass is 300 g/mol. The van der Waals surface area contributed by atoms with E-state index in [4.69, 9.17) is 0 Å². The highest BCUT2D eigenvalue weighted by molar-refractivity contribution is 7.99. The van der Waals surface area contributed by atoms with Crippen LogP contribution in [0.25, 0.3) is 0 Å². The molecular formula is C14H18F2N2OS. The molecule has 0 radical (unpaired) electrons. The summed E-state index contributed by atoms with van der Waals surface area (Å²) in [7, 11) is 0. The summed E-state index contributed by atoms with van der Waals surface area (Å²) in [5.41, 5.74) is -0.383. The lowest BCUT2D eigenvalue weighted by atomic mass is 10.2. The molecule has 1 unspecified atom stereocenters. The Labute approximate surface area is 121 Å². The van der Waals surface area contributed by atoms with Gasteiger partial charge in [-0.15, -0.1) is 0 Å². The average Bonchev–Trinajstić information content (AvgIpc) is 2.44. The number of hydrogen-bond donors (Lipinski definition) is 2. The predicted octanol–water partition coefficient (Wildman–Crippen LogP) is 2.78. The van der Waals surface area contributed by atoms with Gasteiger partial charge in [-0.2, -0.15) is 11.8 Å². The van der Waals surface area contributed by atoms with E-state index in [9.17, 15) is 13.6 Å². The van der Waals surface area contributed by atoms with E-state index in [0.29, 0.717) is 5.25 Å². The Morgan fingerprint density at radius 3 is 2.70 bits per heavy atom. The van der Waals surface area contributed by atoms with Crippen molar-refractivity contribution in [2.24, 2.45) is 0 Å². The van der Waals surface area contributed by atoms with Gasteiger partial charge in [0.2, 0.25) is 5.91 Å². The molecule has 2 rings (SSSR count). The maximum Gasteiger partial charge on any atom is 0.238 e. The molecule has 110 valence electrons. The molecule has 1 fully saturated rings. The fourth-order valence-corrected chi connectivity index (χ4v) is 3.39. The third-order valence-electron chi connectivity index (χ3n) is 3.16. The SMILES string of the molecule is O=C(CNCC1CCCCS1)Nc1c(F)cccc1F. The molecular weight excluding hydrogens is 282 g/mol. The maximum absolute atomic E-state index is 13.3. The van der Waals surface area contributed by atoms with E-state index in [0.717, 1.165) is 25.1 Å². The van der Waals surface area contributed by atoms with Gasteiger partial charge in [-0.05, 0) is 30.7 Å². The Morgan fingerprint density at radius 1 is 1.30 bits per heavy atom. The van der Waals surface area contributed by atoms with Crippen molar-refractivity contribution < 1.29 is 13.6 Å². The minimum absolute atomic E-state index is 0.0604. The van der Waals surface area contributed by atoms with Gasteiger partial charge in [-0.25, -0.2) is 8.78 Å². The molecule has 1 amide bonds. The fraction of sp³-hybridized carbons (Fsp3) is 0.500.